The molecule has 2 rings (SSSR count). The van der Waals surface area contributed by atoms with E-state index in [2.05, 4.69) is 15.7 Å². The van der Waals surface area contributed by atoms with Crippen LogP contribution < -0.4 is 10.6 Å². The number of hydrogen-bond acceptors (Lipinski definition) is 3. The summed E-state index contributed by atoms with van der Waals surface area (Å²) in [5.41, 5.74) is 0.876. The molecule has 0 saturated carbocycles. The summed E-state index contributed by atoms with van der Waals surface area (Å²) in [6.07, 6.45) is 0. The highest BCUT2D eigenvalue weighted by atomic mass is 32.1. The molecular weight excluding hydrogens is 236 g/mol. The number of aryl methyl sites for hydroxylation is 2. The van der Waals surface area contributed by atoms with Crippen LogP contribution in [0.3, 0.4) is 0 Å². The van der Waals surface area contributed by atoms with Crippen LogP contribution in [0.25, 0.3) is 0 Å². The maximum absolute atomic E-state index is 11.6. The van der Waals surface area contributed by atoms with Crippen LogP contribution >= 0.6 is 11.3 Å². The molecule has 0 radical (unpaired) electrons. The number of carbonyl (C=O) groups excluding carboxylic acids is 1. The van der Waals surface area contributed by atoms with Crippen molar-refractivity contribution in [2.24, 2.45) is 7.05 Å². The van der Waals surface area contributed by atoms with Gasteiger partial charge in [-0.2, -0.15) is 5.10 Å². The van der Waals surface area contributed by atoms with E-state index in [1.165, 1.54) is 0 Å². The average Bonchev–Trinajstić information content (AvgIpc) is 2.87. The molecule has 5 nitrogen and oxygen atoms in total. The SMILES string of the molecule is Cc1cc(NC(=O)NCc2cccs2)n(C)n1. The first-order valence-electron chi connectivity index (χ1n) is 5.23. The minimum Gasteiger partial charge on any atom is -0.333 e. The van der Waals surface area contributed by atoms with Crippen molar-refractivity contribution < 1.29 is 4.79 Å². The van der Waals surface area contributed by atoms with Gasteiger partial charge in [0, 0.05) is 18.0 Å². The van der Waals surface area contributed by atoms with Gasteiger partial charge in [-0.3, -0.25) is 10.00 Å². The number of rotatable bonds is 3. The van der Waals surface area contributed by atoms with Gasteiger partial charge in [-0.1, -0.05) is 6.07 Å². The van der Waals surface area contributed by atoms with Crippen molar-refractivity contribution in [3.63, 3.8) is 0 Å². The number of anilines is 1. The number of amides is 2. The van der Waals surface area contributed by atoms with Crippen molar-refractivity contribution in [1.82, 2.24) is 15.1 Å². The molecule has 0 fully saturated rings. The Labute approximate surface area is 103 Å². The van der Waals surface area contributed by atoms with Crippen LogP contribution in [0.4, 0.5) is 10.6 Å². The van der Waals surface area contributed by atoms with Gasteiger partial charge in [-0.05, 0) is 18.4 Å². The zero-order chi connectivity index (χ0) is 12.3. The fraction of sp³-hybridized carbons (Fsp3) is 0.273. The van der Waals surface area contributed by atoms with E-state index in [0.717, 1.165) is 10.6 Å². The molecule has 0 unspecified atom stereocenters. The van der Waals surface area contributed by atoms with Gasteiger partial charge in [0.15, 0.2) is 0 Å². The molecule has 6 heteroatoms. The van der Waals surface area contributed by atoms with Crippen LogP contribution in [0.2, 0.25) is 0 Å². The Morgan fingerprint density at radius 2 is 2.41 bits per heavy atom. The summed E-state index contributed by atoms with van der Waals surface area (Å²) in [7, 11) is 1.79. The molecule has 0 spiro atoms. The van der Waals surface area contributed by atoms with Gasteiger partial charge in [0.05, 0.1) is 12.2 Å². The summed E-state index contributed by atoms with van der Waals surface area (Å²) < 4.78 is 1.64. The van der Waals surface area contributed by atoms with Gasteiger partial charge >= 0.3 is 6.03 Å². The number of nitrogens with zero attached hydrogens (tertiary/aromatic N) is 2. The minimum atomic E-state index is -0.221. The van der Waals surface area contributed by atoms with Crippen molar-refractivity contribution in [3.05, 3.63) is 34.2 Å². The lowest BCUT2D eigenvalue weighted by Gasteiger charge is -2.06. The van der Waals surface area contributed by atoms with Crippen LogP contribution in [0.5, 0.6) is 0 Å². The Bertz CT molecular complexity index is 504. The Kier molecular flexibility index (Phi) is 3.43. The van der Waals surface area contributed by atoms with E-state index in [-0.39, 0.29) is 6.03 Å². The summed E-state index contributed by atoms with van der Waals surface area (Å²) in [4.78, 5) is 12.7. The summed E-state index contributed by atoms with van der Waals surface area (Å²) in [6.45, 7) is 2.43. The third-order valence-electron chi connectivity index (χ3n) is 2.25. The van der Waals surface area contributed by atoms with Crippen LogP contribution in [0, 0.1) is 6.92 Å². The Balaban J connectivity index is 1.87. The maximum Gasteiger partial charge on any atom is 0.320 e. The zero-order valence-corrected chi connectivity index (χ0v) is 10.5. The first kappa shape index (κ1) is 11.7. The molecular formula is C11H14N4OS. The van der Waals surface area contributed by atoms with E-state index in [0.29, 0.717) is 12.4 Å². The first-order valence-corrected chi connectivity index (χ1v) is 6.11. The monoisotopic (exact) mass is 250 g/mol. The average molecular weight is 250 g/mol. The number of aromatic nitrogens is 2. The molecule has 0 aromatic carbocycles. The molecule has 2 N–H and O–H groups in total. The Morgan fingerprint density at radius 1 is 1.59 bits per heavy atom. The Morgan fingerprint density at radius 3 is 3.00 bits per heavy atom. The van der Waals surface area contributed by atoms with Gasteiger partial charge in [0.2, 0.25) is 0 Å². The van der Waals surface area contributed by atoms with Crippen LogP contribution in [-0.2, 0) is 13.6 Å². The van der Waals surface area contributed by atoms with Crippen molar-refractivity contribution in [2.45, 2.75) is 13.5 Å². The molecule has 0 aliphatic carbocycles. The normalized spacial score (nSPS) is 10.2. The zero-order valence-electron chi connectivity index (χ0n) is 9.73. The summed E-state index contributed by atoms with van der Waals surface area (Å²) >= 11 is 1.62. The first-order chi connectivity index (χ1) is 8.15. The number of carbonyl (C=O) groups is 1. The number of thiophene rings is 1. The van der Waals surface area contributed by atoms with E-state index in [1.807, 2.05) is 30.5 Å². The lowest BCUT2D eigenvalue weighted by atomic mass is 10.4. The van der Waals surface area contributed by atoms with Gasteiger partial charge < -0.3 is 5.32 Å². The second kappa shape index (κ2) is 5.01. The molecule has 2 heterocycles. The van der Waals surface area contributed by atoms with Crippen LogP contribution in [-0.4, -0.2) is 15.8 Å². The molecule has 0 atom stereocenters. The van der Waals surface area contributed by atoms with E-state index < -0.39 is 0 Å². The predicted molar refractivity (Wildman–Crippen MR) is 68.1 cm³/mol. The molecule has 0 bridgehead atoms. The van der Waals surface area contributed by atoms with Gasteiger partial charge in [-0.25, -0.2) is 4.79 Å². The second-order valence-corrected chi connectivity index (χ2v) is 4.71. The van der Waals surface area contributed by atoms with Crippen molar-refractivity contribution in [3.8, 4) is 0 Å². The molecule has 2 aromatic heterocycles. The highest BCUT2D eigenvalue weighted by Gasteiger charge is 2.06. The second-order valence-electron chi connectivity index (χ2n) is 3.68. The highest BCUT2D eigenvalue weighted by Crippen LogP contribution is 2.09. The lowest BCUT2D eigenvalue weighted by molar-refractivity contribution is 0.251. The third kappa shape index (κ3) is 3.07. The number of nitrogens with one attached hydrogen (secondary N) is 2. The van der Waals surface area contributed by atoms with E-state index in [9.17, 15) is 4.79 Å². The quantitative estimate of drug-likeness (QED) is 0.876. The largest absolute Gasteiger partial charge is 0.333 e. The highest BCUT2D eigenvalue weighted by molar-refractivity contribution is 7.09. The fourth-order valence-electron chi connectivity index (χ4n) is 1.47. The summed E-state index contributed by atoms with van der Waals surface area (Å²) in [6, 6.07) is 5.55. The number of urea groups is 1. The Hall–Kier alpha value is -1.82. The van der Waals surface area contributed by atoms with Crippen molar-refractivity contribution >= 4 is 23.2 Å². The molecule has 90 valence electrons. The number of hydrogen-bond donors (Lipinski definition) is 2. The molecule has 2 aromatic rings. The summed E-state index contributed by atoms with van der Waals surface area (Å²) in [5.74, 6) is 0.686. The van der Waals surface area contributed by atoms with E-state index >= 15 is 0 Å². The standard InChI is InChI=1S/C11H14N4OS/c1-8-6-10(15(2)14-8)13-11(16)12-7-9-4-3-5-17-9/h3-6H,7H2,1-2H3,(H2,12,13,16). The smallest absolute Gasteiger partial charge is 0.320 e. The van der Waals surface area contributed by atoms with Gasteiger partial charge in [0.1, 0.15) is 5.82 Å². The van der Waals surface area contributed by atoms with E-state index in [4.69, 9.17) is 0 Å². The van der Waals surface area contributed by atoms with Crippen LogP contribution in [0.1, 0.15) is 10.6 Å². The molecule has 2 amide bonds. The molecule has 0 aliphatic rings. The molecule has 0 saturated heterocycles. The third-order valence-corrected chi connectivity index (χ3v) is 3.12. The maximum atomic E-state index is 11.6. The molecule has 17 heavy (non-hydrogen) atoms. The minimum absolute atomic E-state index is 0.221. The molecule has 0 aliphatic heterocycles. The fourth-order valence-corrected chi connectivity index (χ4v) is 2.11. The predicted octanol–water partition coefficient (Wildman–Crippen LogP) is 2.11. The van der Waals surface area contributed by atoms with Crippen molar-refractivity contribution in [1.29, 1.82) is 0 Å². The van der Waals surface area contributed by atoms with E-state index in [1.54, 1.807) is 23.1 Å². The summed E-state index contributed by atoms with van der Waals surface area (Å²) in [5, 5.41) is 11.7. The lowest BCUT2D eigenvalue weighted by Crippen LogP contribution is -2.28. The van der Waals surface area contributed by atoms with Gasteiger partial charge in [-0.15, -0.1) is 11.3 Å². The van der Waals surface area contributed by atoms with Crippen molar-refractivity contribution in [2.75, 3.05) is 5.32 Å². The van der Waals surface area contributed by atoms with Crippen LogP contribution in [0.15, 0.2) is 23.6 Å². The van der Waals surface area contributed by atoms with Gasteiger partial charge in [0.25, 0.3) is 0 Å². The topological polar surface area (TPSA) is 59.0 Å².